The van der Waals surface area contributed by atoms with Gasteiger partial charge in [0.2, 0.25) is 0 Å². The largest absolute Gasteiger partial charge is 0.464 e. The van der Waals surface area contributed by atoms with E-state index in [1.165, 1.54) is 0 Å². The molecule has 98 valence electrons. The Morgan fingerprint density at radius 1 is 1.67 bits per heavy atom. The van der Waals surface area contributed by atoms with E-state index in [1.807, 2.05) is 24.8 Å². The minimum absolute atomic E-state index is 0.207. The summed E-state index contributed by atoms with van der Waals surface area (Å²) in [6, 6.07) is 1.51. The SMILES string of the molecule is CCOC(=O)C1CNCCN1c1ccnc(C)n1. The second kappa shape index (κ2) is 5.77. The Morgan fingerprint density at radius 2 is 2.50 bits per heavy atom. The van der Waals surface area contributed by atoms with Gasteiger partial charge in [-0.05, 0) is 19.9 Å². The van der Waals surface area contributed by atoms with Gasteiger partial charge in [0.25, 0.3) is 0 Å². The summed E-state index contributed by atoms with van der Waals surface area (Å²) in [5.74, 6) is 1.27. The molecule has 2 heterocycles. The van der Waals surface area contributed by atoms with Crippen LogP contribution in [0.15, 0.2) is 12.3 Å². The van der Waals surface area contributed by atoms with E-state index in [4.69, 9.17) is 4.74 Å². The fraction of sp³-hybridized carbons (Fsp3) is 0.583. The molecule has 1 aliphatic heterocycles. The van der Waals surface area contributed by atoms with Crippen LogP contribution in [-0.4, -0.2) is 48.2 Å². The summed E-state index contributed by atoms with van der Waals surface area (Å²) in [5, 5.41) is 3.20. The van der Waals surface area contributed by atoms with Crippen LogP contribution < -0.4 is 10.2 Å². The molecule has 6 nitrogen and oxygen atoms in total. The number of nitrogens with zero attached hydrogens (tertiary/aromatic N) is 3. The average molecular weight is 250 g/mol. The van der Waals surface area contributed by atoms with Gasteiger partial charge in [0.15, 0.2) is 0 Å². The van der Waals surface area contributed by atoms with Crippen LogP contribution in [0.4, 0.5) is 5.82 Å². The molecule has 0 aliphatic carbocycles. The second-order valence-electron chi connectivity index (χ2n) is 4.13. The first-order valence-electron chi connectivity index (χ1n) is 6.16. The number of nitrogens with one attached hydrogen (secondary N) is 1. The van der Waals surface area contributed by atoms with Crippen LogP contribution >= 0.6 is 0 Å². The Labute approximate surface area is 106 Å². The molecule has 0 spiro atoms. The molecule has 1 aromatic heterocycles. The van der Waals surface area contributed by atoms with Crippen LogP contribution in [0, 0.1) is 6.92 Å². The van der Waals surface area contributed by atoms with Crippen molar-refractivity contribution in [2.45, 2.75) is 19.9 Å². The molecule has 0 saturated carbocycles. The molecule has 1 atom stereocenters. The molecule has 0 bridgehead atoms. The van der Waals surface area contributed by atoms with Crippen molar-refractivity contribution < 1.29 is 9.53 Å². The van der Waals surface area contributed by atoms with Gasteiger partial charge in [0, 0.05) is 25.8 Å². The summed E-state index contributed by atoms with van der Waals surface area (Å²) in [6.07, 6.45) is 1.71. The third-order valence-corrected chi connectivity index (χ3v) is 2.86. The number of hydrogen-bond acceptors (Lipinski definition) is 6. The number of hydrogen-bond donors (Lipinski definition) is 1. The van der Waals surface area contributed by atoms with Gasteiger partial charge < -0.3 is 15.0 Å². The standard InChI is InChI=1S/C12H18N4O2/c1-3-18-12(17)10-8-13-6-7-16(10)11-4-5-14-9(2)15-11/h4-5,10,13H,3,6-8H2,1-2H3. The zero-order chi connectivity index (χ0) is 13.0. The van der Waals surface area contributed by atoms with E-state index in [-0.39, 0.29) is 12.0 Å². The van der Waals surface area contributed by atoms with Gasteiger partial charge in [-0.2, -0.15) is 0 Å². The number of esters is 1. The lowest BCUT2D eigenvalue weighted by atomic mass is 10.2. The smallest absolute Gasteiger partial charge is 0.330 e. The maximum atomic E-state index is 11.9. The third kappa shape index (κ3) is 2.76. The molecule has 1 N–H and O–H groups in total. The highest BCUT2D eigenvalue weighted by atomic mass is 16.5. The topological polar surface area (TPSA) is 67.3 Å². The first-order valence-corrected chi connectivity index (χ1v) is 6.16. The van der Waals surface area contributed by atoms with Gasteiger partial charge in [0.05, 0.1) is 6.61 Å². The fourth-order valence-electron chi connectivity index (χ4n) is 2.03. The van der Waals surface area contributed by atoms with E-state index in [0.29, 0.717) is 19.0 Å². The molecule has 1 unspecified atom stereocenters. The molecule has 0 aromatic carbocycles. The Bertz CT molecular complexity index is 424. The number of ether oxygens (including phenoxy) is 1. The van der Waals surface area contributed by atoms with Crippen molar-refractivity contribution >= 4 is 11.8 Å². The first-order chi connectivity index (χ1) is 8.72. The Hall–Kier alpha value is -1.69. The van der Waals surface area contributed by atoms with Crippen molar-refractivity contribution in [3.05, 3.63) is 18.1 Å². The fourth-order valence-corrected chi connectivity index (χ4v) is 2.03. The van der Waals surface area contributed by atoms with Crippen LogP contribution in [0.25, 0.3) is 0 Å². The minimum atomic E-state index is -0.312. The summed E-state index contributed by atoms with van der Waals surface area (Å²) >= 11 is 0. The summed E-state index contributed by atoms with van der Waals surface area (Å²) in [6.45, 7) is 6.20. The molecular formula is C12H18N4O2. The van der Waals surface area contributed by atoms with E-state index in [0.717, 1.165) is 18.9 Å². The number of piperazine rings is 1. The van der Waals surface area contributed by atoms with E-state index in [1.54, 1.807) is 6.20 Å². The van der Waals surface area contributed by atoms with Gasteiger partial charge >= 0.3 is 5.97 Å². The predicted octanol–water partition coefficient (Wildman–Crippen LogP) is 0.126. The van der Waals surface area contributed by atoms with Gasteiger partial charge in [-0.25, -0.2) is 14.8 Å². The number of carbonyl (C=O) groups is 1. The molecule has 1 aromatic rings. The lowest BCUT2D eigenvalue weighted by Crippen LogP contribution is -2.56. The molecule has 18 heavy (non-hydrogen) atoms. The van der Waals surface area contributed by atoms with Crippen molar-refractivity contribution in [2.24, 2.45) is 0 Å². The molecule has 0 radical (unpaired) electrons. The summed E-state index contributed by atoms with van der Waals surface area (Å²) in [5.41, 5.74) is 0. The van der Waals surface area contributed by atoms with Crippen LogP contribution in [0.2, 0.25) is 0 Å². The first kappa shape index (κ1) is 12.8. The van der Waals surface area contributed by atoms with Crippen LogP contribution in [0.1, 0.15) is 12.7 Å². The van der Waals surface area contributed by atoms with E-state index < -0.39 is 0 Å². The van der Waals surface area contributed by atoms with E-state index in [9.17, 15) is 4.79 Å². The zero-order valence-corrected chi connectivity index (χ0v) is 10.7. The monoisotopic (exact) mass is 250 g/mol. The summed E-state index contributed by atoms with van der Waals surface area (Å²) < 4.78 is 5.10. The number of carbonyl (C=O) groups excluding carboxylic acids is 1. The highest BCUT2D eigenvalue weighted by Gasteiger charge is 2.30. The van der Waals surface area contributed by atoms with Gasteiger partial charge in [-0.1, -0.05) is 0 Å². The second-order valence-corrected chi connectivity index (χ2v) is 4.13. The lowest BCUT2D eigenvalue weighted by Gasteiger charge is -2.35. The highest BCUT2D eigenvalue weighted by molar-refractivity contribution is 5.80. The van der Waals surface area contributed by atoms with E-state index >= 15 is 0 Å². The summed E-state index contributed by atoms with van der Waals surface area (Å²) in [4.78, 5) is 22.3. The maximum absolute atomic E-state index is 11.9. The van der Waals surface area contributed by atoms with Crippen LogP contribution in [0.5, 0.6) is 0 Å². The van der Waals surface area contributed by atoms with Crippen molar-refractivity contribution in [1.82, 2.24) is 15.3 Å². The zero-order valence-electron chi connectivity index (χ0n) is 10.7. The molecular weight excluding hydrogens is 232 g/mol. The number of aromatic nitrogens is 2. The van der Waals surface area contributed by atoms with Crippen molar-refractivity contribution in [1.29, 1.82) is 0 Å². The molecule has 1 aliphatic rings. The third-order valence-electron chi connectivity index (χ3n) is 2.86. The number of rotatable bonds is 3. The molecule has 6 heteroatoms. The average Bonchev–Trinajstić information content (AvgIpc) is 2.39. The van der Waals surface area contributed by atoms with Gasteiger partial charge in [0.1, 0.15) is 17.7 Å². The van der Waals surface area contributed by atoms with Crippen molar-refractivity contribution in [2.75, 3.05) is 31.1 Å². The quantitative estimate of drug-likeness (QED) is 0.769. The Balaban J connectivity index is 2.20. The molecule has 1 fully saturated rings. The lowest BCUT2D eigenvalue weighted by molar-refractivity contribution is -0.144. The summed E-state index contributed by atoms with van der Waals surface area (Å²) in [7, 11) is 0. The number of aryl methyl sites for hydroxylation is 1. The molecule has 2 rings (SSSR count). The van der Waals surface area contributed by atoms with Crippen LogP contribution in [0.3, 0.4) is 0 Å². The Morgan fingerprint density at radius 3 is 3.22 bits per heavy atom. The normalized spacial score (nSPS) is 19.7. The maximum Gasteiger partial charge on any atom is 0.330 e. The van der Waals surface area contributed by atoms with Crippen molar-refractivity contribution in [3.63, 3.8) is 0 Å². The number of anilines is 1. The van der Waals surface area contributed by atoms with Crippen LogP contribution in [-0.2, 0) is 9.53 Å². The van der Waals surface area contributed by atoms with Gasteiger partial charge in [-0.15, -0.1) is 0 Å². The molecule has 0 amide bonds. The van der Waals surface area contributed by atoms with Crippen molar-refractivity contribution in [3.8, 4) is 0 Å². The predicted molar refractivity (Wildman–Crippen MR) is 67.4 cm³/mol. The highest BCUT2D eigenvalue weighted by Crippen LogP contribution is 2.16. The van der Waals surface area contributed by atoms with E-state index in [2.05, 4.69) is 15.3 Å². The minimum Gasteiger partial charge on any atom is -0.464 e. The molecule has 1 saturated heterocycles. The van der Waals surface area contributed by atoms with Gasteiger partial charge in [-0.3, -0.25) is 0 Å². The Kier molecular flexibility index (Phi) is 4.09.